The van der Waals surface area contributed by atoms with Crippen molar-refractivity contribution in [2.45, 2.75) is 193 Å². The summed E-state index contributed by atoms with van der Waals surface area (Å²) in [6.45, 7) is 4.58. The average Bonchev–Trinajstić information content (AvgIpc) is 3.29. The molecule has 0 aliphatic heterocycles. The number of hydrogen-bond donors (Lipinski definition) is 1. The molecule has 0 amide bonds. The van der Waals surface area contributed by atoms with Gasteiger partial charge >= 0.3 is 17.9 Å². The second-order valence-corrected chi connectivity index (χ2v) is 18.1. The molecular weight excluding hydrogens is 839 g/mol. The van der Waals surface area contributed by atoms with Crippen molar-refractivity contribution >= 4 is 17.9 Å². The third-order valence-electron chi connectivity index (χ3n) is 10.5. The van der Waals surface area contributed by atoms with E-state index in [2.05, 4.69) is 123 Å². The van der Waals surface area contributed by atoms with E-state index in [9.17, 15) is 19.5 Å². The number of likely N-dealkylation sites (N-methyl/N-ethyl adjacent to an activating group) is 1. The molecule has 0 heterocycles. The molecule has 9 nitrogen and oxygen atoms in total. The highest BCUT2D eigenvalue weighted by Crippen LogP contribution is 2.14. The fourth-order valence-electron chi connectivity index (χ4n) is 6.56. The van der Waals surface area contributed by atoms with Gasteiger partial charge in [0.25, 0.3) is 6.29 Å². The molecule has 0 saturated carbocycles. The lowest BCUT2D eigenvalue weighted by molar-refractivity contribution is -0.870. The number of quaternary nitrogens is 1. The van der Waals surface area contributed by atoms with Crippen LogP contribution in [0.15, 0.2) is 109 Å². The second-order valence-electron chi connectivity index (χ2n) is 18.1. The minimum Gasteiger partial charge on any atom is -0.477 e. The number of carbonyl (C=O) groups is 3. The Morgan fingerprint density at radius 3 is 1.21 bits per heavy atom. The van der Waals surface area contributed by atoms with E-state index in [-0.39, 0.29) is 38.6 Å². The molecular formula is C58H96NO8+. The molecule has 0 rings (SSSR count). The van der Waals surface area contributed by atoms with E-state index < -0.39 is 24.3 Å². The van der Waals surface area contributed by atoms with Gasteiger partial charge in [0.05, 0.1) is 34.4 Å². The molecule has 0 bridgehead atoms. The molecule has 67 heavy (non-hydrogen) atoms. The smallest absolute Gasteiger partial charge is 0.361 e. The lowest BCUT2D eigenvalue weighted by Crippen LogP contribution is -2.40. The standard InChI is InChI=1S/C58H95NO8/c1-6-8-10-12-14-16-18-20-21-22-23-24-25-26-27-28-29-30-31-32-33-34-35-37-39-41-43-45-47-49-56(61)67-54(53-66-58(57(62)63)64-51-50-59(3,4)5)52-65-55(60)48-46-44-42-40-38-36-19-17-15-13-11-9-7-2/h8-11,14-17,20-21,23-24,26-27,29-30,36,38,54,58H,6-7,12-13,18-19,22,25,28,31-35,37,39-53H2,1-5H3/p+1/b10-8-,11-9-,16-14-,17-15-,21-20-,24-23-,27-26-,30-29-,38-36-. The van der Waals surface area contributed by atoms with Gasteiger partial charge in [-0.2, -0.15) is 0 Å². The van der Waals surface area contributed by atoms with E-state index >= 15 is 0 Å². The molecule has 0 aliphatic rings. The van der Waals surface area contributed by atoms with Crippen LogP contribution in [-0.2, 0) is 33.3 Å². The molecule has 0 aliphatic carbocycles. The van der Waals surface area contributed by atoms with Crippen LogP contribution in [0.2, 0.25) is 0 Å². The molecule has 9 heteroatoms. The van der Waals surface area contributed by atoms with E-state index in [1.54, 1.807) is 0 Å². The maximum atomic E-state index is 12.8. The Bertz CT molecular complexity index is 1460. The number of nitrogens with zero attached hydrogens (tertiary/aromatic N) is 1. The van der Waals surface area contributed by atoms with Gasteiger partial charge in [0.1, 0.15) is 13.2 Å². The second kappa shape index (κ2) is 48.4. The number of aliphatic carboxylic acids is 1. The highest BCUT2D eigenvalue weighted by molar-refractivity contribution is 5.71. The largest absolute Gasteiger partial charge is 0.477 e. The first-order chi connectivity index (χ1) is 32.6. The van der Waals surface area contributed by atoms with Gasteiger partial charge in [0.2, 0.25) is 0 Å². The highest BCUT2D eigenvalue weighted by Gasteiger charge is 2.25. The van der Waals surface area contributed by atoms with Gasteiger partial charge in [-0.3, -0.25) is 9.59 Å². The Kier molecular flexibility index (Phi) is 45.5. The van der Waals surface area contributed by atoms with E-state index in [0.717, 1.165) is 103 Å². The van der Waals surface area contributed by atoms with Crippen LogP contribution in [0.3, 0.4) is 0 Å². The van der Waals surface area contributed by atoms with E-state index in [1.165, 1.54) is 38.5 Å². The van der Waals surface area contributed by atoms with Crippen molar-refractivity contribution in [3.05, 3.63) is 109 Å². The van der Waals surface area contributed by atoms with Gasteiger partial charge in [0, 0.05) is 12.8 Å². The van der Waals surface area contributed by atoms with Crippen molar-refractivity contribution < 1.29 is 42.9 Å². The van der Waals surface area contributed by atoms with Gasteiger partial charge < -0.3 is 28.5 Å². The first kappa shape index (κ1) is 63.0. The van der Waals surface area contributed by atoms with Crippen molar-refractivity contribution in [1.82, 2.24) is 0 Å². The molecule has 2 atom stereocenters. The Morgan fingerprint density at radius 2 is 0.806 bits per heavy atom. The van der Waals surface area contributed by atoms with Crippen LogP contribution in [0.5, 0.6) is 0 Å². The topological polar surface area (TPSA) is 108 Å². The maximum Gasteiger partial charge on any atom is 0.361 e. The van der Waals surface area contributed by atoms with Crippen LogP contribution in [-0.4, -0.2) is 87.4 Å². The minimum atomic E-state index is -1.52. The predicted octanol–water partition coefficient (Wildman–Crippen LogP) is 14.8. The number of rotatable bonds is 46. The number of carboxylic acid groups (broad SMARTS) is 1. The third-order valence-corrected chi connectivity index (χ3v) is 10.5. The van der Waals surface area contributed by atoms with E-state index in [0.29, 0.717) is 23.9 Å². The molecule has 0 aromatic rings. The molecule has 1 N–H and O–H groups in total. The first-order valence-corrected chi connectivity index (χ1v) is 26.1. The molecule has 0 fully saturated rings. The molecule has 0 aromatic heterocycles. The van der Waals surface area contributed by atoms with Crippen LogP contribution >= 0.6 is 0 Å². The summed E-state index contributed by atoms with van der Waals surface area (Å²) in [5.74, 6) is -2.07. The highest BCUT2D eigenvalue weighted by atomic mass is 16.7. The van der Waals surface area contributed by atoms with Crippen LogP contribution in [0, 0.1) is 0 Å². The summed E-state index contributed by atoms with van der Waals surface area (Å²) < 4.78 is 22.7. The van der Waals surface area contributed by atoms with Crippen molar-refractivity contribution in [3.8, 4) is 0 Å². The van der Waals surface area contributed by atoms with Crippen LogP contribution in [0.25, 0.3) is 0 Å². The zero-order valence-corrected chi connectivity index (χ0v) is 43.0. The van der Waals surface area contributed by atoms with Gasteiger partial charge in [-0.1, -0.05) is 181 Å². The molecule has 380 valence electrons. The van der Waals surface area contributed by atoms with Crippen molar-refractivity contribution in [3.63, 3.8) is 0 Å². The van der Waals surface area contributed by atoms with E-state index in [4.69, 9.17) is 18.9 Å². The van der Waals surface area contributed by atoms with Crippen molar-refractivity contribution in [2.24, 2.45) is 0 Å². The van der Waals surface area contributed by atoms with Crippen LogP contribution < -0.4 is 0 Å². The lowest BCUT2D eigenvalue weighted by Gasteiger charge is -2.25. The zero-order valence-electron chi connectivity index (χ0n) is 43.0. The normalized spacial score (nSPS) is 13.7. The number of allylic oxidation sites excluding steroid dienone is 18. The van der Waals surface area contributed by atoms with Crippen molar-refractivity contribution in [1.29, 1.82) is 0 Å². The number of carboxylic acids is 1. The zero-order chi connectivity index (χ0) is 49.2. The number of carbonyl (C=O) groups excluding carboxylic acids is 2. The Hall–Kier alpha value is -4.05. The molecule has 0 spiro atoms. The third kappa shape index (κ3) is 49.7. The average molecular weight is 935 g/mol. The van der Waals surface area contributed by atoms with Crippen LogP contribution in [0.4, 0.5) is 0 Å². The van der Waals surface area contributed by atoms with E-state index in [1.807, 2.05) is 21.1 Å². The monoisotopic (exact) mass is 935 g/mol. The number of unbranched alkanes of at least 4 members (excludes halogenated alkanes) is 13. The lowest BCUT2D eigenvalue weighted by atomic mass is 10.0. The molecule has 0 radical (unpaired) electrons. The number of ether oxygens (including phenoxy) is 4. The van der Waals surface area contributed by atoms with Crippen molar-refractivity contribution in [2.75, 3.05) is 47.5 Å². The minimum absolute atomic E-state index is 0.176. The fraction of sp³-hybridized carbons (Fsp3) is 0.638. The summed E-state index contributed by atoms with van der Waals surface area (Å²) in [5, 5.41) is 9.66. The summed E-state index contributed by atoms with van der Waals surface area (Å²) in [6.07, 6.45) is 63.1. The Morgan fingerprint density at radius 1 is 0.448 bits per heavy atom. The Labute approximate surface area is 409 Å². The van der Waals surface area contributed by atoms with Gasteiger partial charge in [-0.25, -0.2) is 4.79 Å². The van der Waals surface area contributed by atoms with Gasteiger partial charge in [-0.15, -0.1) is 0 Å². The predicted molar refractivity (Wildman–Crippen MR) is 281 cm³/mol. The Balaban J connectivity index is 4.29. The summed E-state index contributed by atoms with van der Waals surface area (Å²) in [6, 6.07) is 0. The number of esters is 2. The number of hydrogen-bond acceptors (Lipinski definition) is 7. The molecule has 0 saturated heterocycles. The first-order valence-electron chi connectivity index (χ1n) is 26.1. The quantitative estimate of drug-likeness (QED) is 0.0211. The molecule has 0 aromatic carbocycles. The fourth-order valence-corrected chi connectivity index (χ4v) is 6.56. The SMILES string of the molecule is CC/C=C\C/C=C\C/C=C\C/C=C\C/C=C\C/C=C\CCCCCCCCCCCCC(=O)OC(COC(=O)CCCCC/C=C\C/C=C\C/C=C\CC)COC(OCC[N+](C)(C)C)C(=O)O. The van der Waals surface area contributed by atoms with Crippen LogP contribution in [0.1, 0.15) is 181 Å². The maximum absolute atomic E-state index is 12.8. The molecule has 2 unspecified atom stereocenters. The summed E-state index contributed by atoms with van der Waals surface area (Å²) >= 11 is 0. The summed E-state index contributed by atoms with van der Waals surface area (Å²) in [7, 11) is 5.94. The summed E-state index contributed by atoms with van der Waals surface area (Å²) in [5.41, 5.74) is 0. The summed E-state index contributed by atoms with van der Waals surface area (Å²) in [4.78, 5) is 37.2. The van der Waals surface area contributed by atoms with Gasteiger partial charge in [0.15, 0.2) is 6.10 Å². The van der Waals surface area contributed by atoms with Gasteiger partial charge in [-0.05, 0) is 96.3 Å².